The van der Waals surface area contributed by atoms with Crippen molar-refractivity contribution < 1.29 is 13.6 Å². The Balaban J connectivity index is 2.26. The van der Waals surface area contributed by atoms with Crippen LogP contribution in [0.3, 0.4) is 0 Å². The van der Waals surface area contributed by atoms with Gasteiger partial charge in [-0.25, -0.2) is 18.4 Å². The maximum atomic E-state index is 12.2. The molecule has 22 heavy (non-hydrogen) atoms. The summed E-state index contributed by atoms with van der Waals surface area (Å²) in [6.07, 6.45) is 2.99. The van der Waals surface area contributed by atoms with E-state index in [0.29, 0.717) is 5.69 Å². The maximum Gasteiger partial charge on any atom is 0.195 e. The molecule has 0 saturated carbocycles. The fourth-order valence-corrected chi connectivity index (χ4v) is 3.23. The van der Waals surface area contributed by atoms with Crippen LogP contribution in [0.5, 0.6) is 0 Å². The minimum absolute atomic E-state index is 0.0367. The summed E-state index contributed by atoms with van der Waals surface area (Å²) in [7, 11) is -3.44. The van der Waals surface area contributed by atoms with Gasteiger partial charge in [0.2, 0.25) is 0 Å². The minimum Gasteiger partial charge on any atom is -0.427 e. The van der Waals surface area contributed by atoms with Gasteiger partial charge in [-0.1, -0.05) is 6.92 Å². The molecule has 0 aromatic carbocycles. The van der Waals surface area contributed by atoms with E-state index >= 15 is 0 Å². The van der Waals surface area contributed by atoms with Gasteiger partial charge in [0.15, 0.2) is 21.5 Å². The first-order valence-electron chi connectivity index (χ1n) is 6.66. The van der Waals surface area contributed by atoms with Crippen LogP contribution in [-0.4, -0.2) is 39.1 Å². The van der Waals surface area contributed by atoms with Crippen molar-refractivity contribution in [1.29, 1.82) is 0 Å². The molecule has 0 radical (unpaired) electrons. The van der Waals surface area contributed by atoms with E-state index in [9.17, 15) is 13.6 Å². The zero-order valence-corrected chi connectivity index (χ0v) is 12.9. The van der Waals surface area contributed by atoms with E-state index in [1.807, 2.05) is 6.92 Å². The first-order chi connectivity index (χ1) is 10.4. The number of fused-ring (bicyclic) bond motifs is 1. The number of rotatable bonds is 3. The summed E-state index contributed by atoms with van der Waals surface area (Å²) in [5.74, 6) is 0.396. The highest BCUT2D eigenvalue weighted by atomic mass is 32.2. The lowest BCUT2D eigenvalue weighted by atomic mass is 10.2. The van der Waals surface area contributed by atoms with Crippen LogP contribution in [0.4, 0.5) is 0 Å². The number of nitrogens with zero attached hydrogens (tertiary/aromatic N) is 4. The molecule has 0 fully saturated rings. The zero-order chi connectivity index (χ0) is 15.9. The zero-order valence-electron chi connectivity index (χ0n) is 12.1. The highest BCUT2D eigenvalue weighted by Crippen LogP contribution is 2.28. The molecule has 1 aromatic rings. The molecule has 1 N–H and O–H groups in total. The fraction of sp³-hybridized carbons (Fsp3) is 0.214. The number of aromatic nitrogens is 4. The SMILES string of the molecule is CCS(=O)(=O)c1cccnc1-c1nc2cc(C)cn(O)c-2n1. The van der Waals surface area contributed by atoms with Crippen molar-refractivity contribution in [2.24, 2.45) is 0 Å². The van der Waals surface area contributed by atoms with Crippen molar-refractivity contribution in [2.45, 2.75) is 18.7 Å². The summed E-state index contributed by atoms with van der Waals surface area (Å²) in [5, 5.41) is 9.86. The fourth-order valence-electron chi connectivity index (χ4n) is 2.19. The molecular weight excluding hydrogens is 304 g/mol. The Bertz CT molecular complexity index is 918. The van der Waals surface area contributed by atoms with Gasteiger partial charge in [-0.15, -0.1) is 0 Å². The van der Waals surface area contributed by atoms with E-state index in [1.165, 1.54) is 18.5 Å². The van der Waals surface area contributed by atoms with Crippen molar-refractivity contribution in [1.82, 2.24) is 19.7 Å². The first kappa shape index (κ1) is 14.5. The second kappa shape index (κ2) is 5.06. The van der Waals surface area contributed by atoms with Crippen molar-refractivity contribution in [2.75, 3.05) is 5.75 Å². The minimum atomic E-state index is -3.44. The molecule has 0 amide bonds. The molecule has 1 aromatic heterocycles. The molecule has 2 aliphatic heterocycles. The molecule has 0 spiro atoms. The lowest BCUT2D eigenvalue weighted by Gasteiger charge is -2.04. The van der Waals surface area contributed by atoms with Gasteiger partial charge in [0, 0.05) is 12.4 Å². The van der Waals surface area contributed by atoms with E-state index in [-0.39, 0.29) is 28.0 Å². The van der Waals surface area contributed by atoms with Gasteiger partial charge >= 0.3 is 0 Å². The lowest BCUT2D eigenvalue weighted by Crippen LogP contribution is -2.07. The van der Waals surface area contributed by atoms with Gasteiger partial charge in [0.25, 0.3) is 0 Å². The van der Waals surface area contributed by atoms with Crippen LogP contribution < -0.4 is 0 Å². The van der Waals surface area contributed by atoms with E-state index < -0.39 is 9.84 Å². The van der Waals surface area contributed by atoms with Gasteiger partial charge in [0.1, 0.15) is 11.4 Å². The van der Waals surface area contributed by atoms with Crippen molar-refractivity contribution in [3.63, 3.8) is 0 Å². The van der Waals surface area contributed by atoms with Crippen molar-refractivity contribution in [3.8, 4) is 23.0 Å². The Kier molecular flexibility index (Phi) is 3.32. The van der Waals surface area contributed by atoms with Crippen LogP contribution in [0.1, 0.15) is 12.5 Å². The predicted octanol–water partition coefficient (Wildman–Crippen LogP) is 1.78. The molecule has 0 unspecified atom stereocenters. The normalized spacial score (nSPS) is 11.9. The van der Waals surface area contributed by atoms with E-state index in [4.69, 9.17) is 0 Å². The Morgan fingerprint density at radius 2 is 2.09 bits per heavy atom. The van der Waals surface area contributed by atoms with Crippen LogP contribution in [0.15, 0.2) is 35.5 Å². The molecule has 114 valence electrons. The van der Waals surface area contributed by atoms with Crippen molar-refractivity contribution in [3.05, 3.63) is 36.2 Å². The third-order valence-corrected chi connectivity index (χ3v) is 5.03. The van der Waals surface area contributed by atoms with Crippen LogP contribution in [0, 0.1) is 6.92 Å². The van der Waals surface area contributed by atoms with Gasteiger partial charge in [-0.2, -0.15) is 4.73 Å². The average Bonchev–Trinajstić information content (AvgIpc) is 2.91. The molecule has 0 saturated heterocycles. The van der Waals surface area contributed by atoms with Crippen molar-refractivity contribution >= 4 is 9.84 Å². The molecule has 0 bridgehead atoms. The van der Waals surface area contributed by atoms with E-state index in [2.05, 4.69) is 15.0 Å². The topological polar surface area (TPSA) is 98.0 Å². The highest BCUT2D eigenvalue weighted by molar-refractivity contribution is 7.91. The first-order valence-corrected chi connectivity index (χ1v) is 8.31. The molecule has 2 aliphatic rings. The van der Waals surface area contributed by atoms with Gasteiger partial charge in [0.05, 0.1) is 10.6 Å². The number of sulfone groups is 1. The average molecular weight is 318 g/mol. The molecule has 3 heterocycles. The highest BCUT2D eigenvalue weighted by Gasteiger charge is 2.23. The summed E-state index contributed by atoms with van der Waals surface area (Å²) < 4.78 is 25.2. The monoisotopic (exact) mass is 318 g/mol. The Morgan fingerprint density at radius 1 is 1.32 bits per heavy atom. The quantitative estimate of drug-likeness (QED) is 0.739. The third-order valence-electron chi connectivity index (χ3n) is 3.27. The number of hydrogen-bond donors (Lipinski definition) is 1. The van der Waals surface area contributed by atoms with E-state index in [1.54, 1.807) is 19.1 Å². The van der Waals surface area contributed by atoms with Crippen LogP contribution in [-0.2, 0) is 9.84 Å². The molecule has 0 atom stereocenters. The molecular formula is C14H14N4O3S. The number of aryl methyl sites for hydroxylation is 1. The maximum absolute atomic E-state index is 12.2. The Morgan fingerprint density at radius 3 is 2.82 bits per heavy atom. The standard InChI is InChI=1S/C14H14N4O3S/c1-3-22(20,21)11-5-4-6-15-12(11)13-16-10-7-9(2)8-18(19)14(10)17-13/h4-8,19H,3H2,1-2H3. The Labute approximate surface area is 127 Å². The smallest absolute Gasteiger partial charge is 0.195 e. The van der Waals surface area contributed by atoms with Gasteiger partial charge in [-0.3, -0.25) is 4.98 Å². The molecule has 3 rings (SSSR count). The number of pyridine rings is 2. The Hall–Kier alpha value is -2.48. The molecule has 8 heteroatoms. The summed E-state index contributed by atoms with van der Waals surface area (Å²) in [4.78, 5) is 12.7. The molecule has 0 aliphatic carbocycles. The summed E-state index contributed by atoms with van der Waals surface area (Å²) in [6.45, 7) is 3.38. The lowest BCUT2D eigenvalue weighted by molar-refractivity contribution is 0.186. The summed E-state index contributed by atoms with van der Waals surface area (Å²) >= 11 is 0. The summed E-state index contributed by atoms with van der Waals surface area (Å²) in [6, 6.07) is 4.81. The van der Waals surface area contributed by atoms with Crippen LogP contribution in [0.2, 0.25) is 0 Å². The van der Waals surface area contributed by atoms with Gasteiger partial charge < -0.3 is 5.21 Å². The summed E-state index contributed by atoms with van der Waals surface area (Å²) in [5.41, 5.74) is 1.48. The van der Waals surface area contributed by atoms with Crippen LogP contribution >= 0.6 is 0 Å². The second-order valence-corrected chi connectivity index (χ2v) is 7.12. The largest absolute Gasteiger partial charge is 0.427 e. The third kappa shape index (κ3) is 2.31. The van der Waals surface area contributed by atoms with Gasteiger partial charge in [-0.05, 0) is 30.7 Å². The van der Waals surface area contributed by atoms with Crippen LogP contribution in [0.25, 0.3) is 23.0 Å². The number of hydrogen-bond acceptors (Lipinski definition) is 6. The number of imidazole rings is 1. The van der Waals surface area contributed by atoms with E-state index in [0.717, 1.165) is 10.3 Å². The predicted molar refractivity (Wildman–Crippen MR) is 79.5 cm³/mol. The molecule has 7 nitrogen and oxygen atoms in total. The second-order valence-electron chi connectivity index (χ2n) is 4.87.